The summed E-state index contributed by atoms with van der Waals surface area (Å²) >= 11 is 0. The highest BCUT2D eigenvalue weighted by atomic mass is 16.5. The number of morpholine rings is 1. The standard InChI is InChI=1S/C13H25N3O2/c1-10(2)12-13(17)16(9-14-12)11(3)8-15-4-6-18-7-5-15/h10-12,14H,4-9H2,1-3H3. The van der Waals surface area contributed by atoms with Gasteiger partial charge in [0.15, 0.2) is 0 Å². The van der Waals surface area contributed by atoms with Gasteiger partial charge < -0.3 is 9.64 Å². The molecule has 0 aliphatic carbocycles. The Morgan fingerprint density at radius 3 is 2.56 bits per heavy atom. The fourth-order valence-corrected chi connectivity index (χ4v) is 2.69. The highest BCUT2D eigenvalue weighted by Gasteiger charge is 2.35. The average molecular weight is 255 g/mol. The first-order chi connectivity index (χ1) is 8.59. The highest BCUT2D eigenvalue weighted by Crippen LogP contribution is 2.15. The Labute approximate surface area is 109 Å². The highest BCUT2D eigenvalue weighted by molar-refractivity contribution is 5.84. The summed E-state index contributed by atoms with van der Waals surface area (Å²) in [7, 11) is 0. The van der Waals surface area contributed by atoms with Gasteiger partial charge in [-0.15, -0.1) is 0 Å². The van der Waals surface area contributed by atoms with Gasteiger partial charge in [0, 0.05) is 25.7 Å². The molecule has 2 fully saturated rings. The summed E-state index contributed by atoms with van der Waals surface area (Å²) in [4.78, 5) is 16.6. The van der Waals surface area contributed by atoms with Gasteiger partial charge in [0.25, 0.3) is 0 Å². The number of amides is 1. The van der Waals surface area contributed by atoms with Crippen LogP contribution in [0.15, 0.2) is 0 Å². The first-order valence-electron chi connectivity index (χ1n) is 6.93. The minimum Gasteiger partial charge on any atom is -0.379 e. The normalized spacial score (nSPS) is 28.1. The summed E-state index contributed by atoms with van der Waals surface area (Å²) in [6, 6.07) is 0.268. The van der Waals surface area contributed by atoms with Crippen LogP contribution in [0.2, 0.25) is 0 Å². The Morgan fingerprint density at radius 1 is 1.33 bits per heavy atom. The van der Waals surface area contributed by atoms with Crippen molar-refractivity contribution in [1.29, 1.82) is 0 Å². The minimum atomic E-state index is -0.00265. The van der Waals surface area contributed by atoms with E-state index in [2.05, 4.69) is 31.0 Å². The van der Waals surface area contributed by atoms with Crippen molar-refractivity contribution in [2.24, 2.45) is 5.92 Å². The van der Waals surface area contributed by atoms with Crippen LogP contribution in [0.25, 0.3) is 0 Å². The summed E-state index contributed by atoms with van der Waals surface area (Å²) in [5.74, 6) is 0.615. The van der Waals surface area contributed by atoms with E-state index in [-0.39, 0.29) is 18.0 Å². The molecule has 1 amide bonds. The molecule has 2 atom stereocenters. The summed E-state index contributed by atoms with van der Waals surface area (Å²) in [6.45, 7) is 11.5. The Hall–Kier alpha value is -0.650. The Morgan fingerprint density at radius 2 is 2.00 bits per heavy atom. The van der Waals surface area contributed by atoms with Crippen LogP contribution in [0, 0.1) is 5.92 Å². The Bertz CT molecular complexity index is 290. The molecule has 1 N–H and O–H groups in total. The van der Waals surface area contributed by atoms with Crippen LogP contribution in [-0.2, 0) is 9.53 Å². The fraction of sp³-hybridized carbons (Fsp3) is 0.923. The second-order valence-corrected chi connectivity index (χ2v) is 5.65. The lowest BCUT2D eigenvalue weighted by molar-refractivity contribution is -0.131. The van der Waals surface area contributed by atoms with Crippen LogP contribution < -0.4 is 5.32 Å². The second kappa shape index (κ2) is 5.99. The van der Waals surface area contributed by atoms with Crippen molar-refractivity contribution in [1.82, 2.24) is 15.1 Å². The zero-order valence-electron chi connectivity index (χ0n) is 11.7. The lowest BCUT2D eigenvalue weighted by Gasteiger charge is -2.32. The molecule has 0 spiro atoms. The van der Waals surface area contributed by atoms with Gasteiger partial charge in [-0.1, -0.05) is 13.8 Å². The van der Waals surface area contributed by atoms with Crippen molar-refractivity contribution >= 4 is 5.91 Å². The van der Waals surface area contributed by atoms with E-state index in [4.69, 9.17) is 4.74 Å². The van der Waals surface area contributed by atoms with Crippen LogP contribution >= 0.6 is 0 Å². The summed E-state index contributed by atoms with van der Waals surface area (Å²) in [5, 5.41) is 3.31. The zero-order valence-corrected chi connectivity index (χ0v) is 11.7. The van der Waals surface area contributed by atoms with Gasteiger partial charge >= 0.3 is 0 Å². The zero-order chi connectivity index (χ0) is 13.1. The fourth-order valence-electron chi connectivity index (χ4n) is 2.69. The monoisotopic (exact) mass is 255 g/mol. The summed E-state index contributed by atoms with van der Waals surface area (Å²) in [5.41, 5.74) is 0. The summed E-state index contributed by atoms with van der Waals surface area (Å²) < 4.78 is 5.34. The van der Waals surface area contributed by atoms with Crippen LogP contribution in [0.1, 0.15) is 20.8 Å². The molecule has 2 heterocycles. The number of carbonyl (C=O) groups excluding carboxylic acids is 1. The van der Waals surface area contributed by atoms with Crippen LogP contribution in [0.3, 0.4) is 0 Å². The van der Waals surface area contributed by atoms with E-state index in [0.717, 1.165) is 32.8 Å². The molecule has 2 unspecified atom stereocenters. The molecule has 2 aliphatic heterocycles. The van der Waals surface area contributed by atoms with Gasteiger partial charge in [-0.25, -0.2) is 0 Å². The lowest BCUT2D eigenvalue weighted by atomic mass is 10.0. The molecule has 0 aromatic rings. The molecule has 0 bridgehead atoms. The maximum atomic E-state index is 12.3. The Kier molecular flexibility index (Phi) is 4.59. The number of hydrogen-bond acceptors (Lipinski definition) is 4. The number of ether oxygens (including phenoxy) is 1. The molecule has 5 heteroatoms. The minimum absolute atomic E-state index is 0.00265. The average Bonchev–Trinajstić information content (AvgIpc) is 2.72. The lowest BCUT2D eigenvalue weighted by Crippen LogP contribution is -2.47. The number of nitrogens with one attached hydrogen (secondary N) is 1. The van der Waals surface area contributed by atoms with Crippen LogP contribution in [0.4, 0.5) is 0 Å². The third-order valence-corrected chi connectivity index (χ3v) is 3.86. The van der Waals surface area contributed by atoms with Crippen molar-refractivity contribution < 1.29 is 9.53 Å². The van der Waals surface area contributed by atoms with Crippen molar-refractivity contribution in [3.63, 3.8) is 0 Å². The van der Waals surface area contributed by atoms with Crippen LogP contribution in [-0.4, -0.2) is 67.3 Å². The molecule has 0 aromatic carbocycles. The molecule has 5 nitrogen and oxygen atoms in total. The maximum absolute atomic E-state index is 12.3. The van der Waals surface area contributed by atoms with E-state index in [1.807, 2.05) is 4.90 Å². The molecule has 0 aromatic heterocycles. The van der Waals surface area contributed by atoms with Gasteiger partial charge in [0.1, 0.15) is 0 Å². The van der Waals surface area contributed by atoms with Crippen molar-refractivity contribution in [2.75, 3.05) is 39.5 Å². The van der Waals surface area contributed by atoms with E-state index in [9.17, 15) is 4.79 Å². The van der Waals surface area contributed by atoms with Gasteiger partial charge in [-0.05, 0) is 12.8 Å². The topological polar surface area (TPSA) is 44.8 Å². The molecule has 104 valence electrons. The first-order valence-corrected chi connectivity index (χ1v) is 6.93. The van der Waals surface area contributed by atoms with Gasteiger partial charge in [-0.3, -0.25) is 15.0 Å². The number of rotatable bonds is 4. The maximum Gasteiger partial charge on any atom is 0.241 e. The molecule has 18 heavy (non-hydrogen) atoms. The van der Waals surface area contributed by atoms with Crippen LogP contribution in [0.5, 0.6) is 0 Å². The SMILES string of the molecule is CC(C)C1NCN(C(C)CN2CCOCC2)C1=O. The van der Waals surface area contributed by atoms with Crippen molar-refractivity contribution in [3.8, 4) is 0 Å². The van der Waals surface area contributed by atoms with E-state index >= 15 is 0 Å². The van der Waals surface area contributed by atoms with E-state index < -0.39 is 0 Å². The smallest absolute Gasteiger partial charge is 0.241 e. The third-order valence-electron chi connectivity index (χ3n) is 3.86. The summed E-state index contributed by atoms with van der Waals surface area (Å²) in [6.07, 6.45) is 0. The quantitative estimate of drug-likeness (QED) is 0.775. The van der Waals surface area contributed by atoms with Gasteiger partial charge in [0.2, 0.25) is 5.91 Å². The molecular weight excluding hydrogens is 230 g/mol. The molecule has 0 saturated carbocycles. The number of hydrogen-bond donors (Lipinski definition) is 1. The third kappa shape index (κ3) is 3.02. The second-order valence-electron chi connectivity index (χ2n) is 5.65. The van der Waals surface area contributed by atoms with E-state index in [0.29, 0.717) is 12.6 Å². The predicted octanol–water partition coefficient (Wildman–Crippen LogP) is 0.121. The molecule has 2 rings (SSSR count). The Balaban J connectivity index is 1.85. The van der Waals surface area contributed by atoms with Gasteiger partial charge in [-0.2, -0.15) is 0 Å². The van der Waals surface area contributed by atoms with E-state index in [1.165, 1.54) is 0 Å². The van der Waals surface area contributed by atoms with Crippen molar-refractivity contribution in [3.05, 3.63) is 0 Å². The van der Waals surface area contributed by atoms with Gasteiger partial charge in [0.05, 0.1) is 25.9 Å². The number of carbonyl (C=O) groups is 1. The molecule has 2 aliphatic rings. The first kappa shape index (κ1) is 13.8. The molecule has 0 radical (unpaired) electrons. The molecule has 2 saturated heterocycles. The van der Waals surface area contributed by atoms with Crippen molar-refractivity contribution in [2.45, 2.75) is 32.9 Å². The predicted molar refractivity (Wildman–Crippen MR) is 70.2 cm³/mol. The number of nitrogens with zero attached hydrogens (tertiary/aromatic N) is 2. The van der Waals surface area contributed by atoms with E-state index in [1.54, 1.807) is 0 Å². The largest absolute Gasteiger partial charge is 0.379 e. The molecular formula is C13H25N3O2.